The lowest BCUT2D eigenvalue weighted by Gasteiger charge is -2.17. The molecule has 0 saturated heterocycles. The molecule has 1 heterocycles. The van der Waals surface area contributed by atoms with Crippen LogP contribution in [0.3, 0.4) is 0 Å². The molecule has 0 unspecified atom stereocenters. The van der Waals surface area contributed by atoms with Gasteiger partial charge in [0.15, 0.2) is 0 Å². The van der Waals surface area contributed by atoms with Crippen molar-refractivity contribution in [2.45, 2.75) is 45.2 Å². The van der Waals surface area contributed by atoms with Gasteiger partial charge in [-0.05, 0) is 59.0 Å². The zero-order valence-corrected chi connectivity index (χ0v) is 30.7. The van der Waals surface area contributed by atoms with E-state index in [0.717, 1.165) is 38.7 Å². The van der Waals surface area contributed by atoms with Crippen molar-refractivity contribution < 1.29 is 44.2 Å². The highest BCUT2D eigenvalue weighted by atomic mass is 35.5. The molecule has 0 saturated carbocycles. The number of aliphatic hydroxyl groups excluding tert-OH is 2. The Labute approximate surface area is 315 Å². The average molecular weight is 768 g/mol. The number of aliphatic hydroxyl groups is 2. The fourth-order valence-corrected chi connectivity index (χ4v) is 6.43. The van der Waals surface area contributed by atoms with E-state index in [9.17, 15) is 30.0 Å². The molecule has 0 bridgehead atoms. The van der Waals surface area contributed by atoms with Crippen LogP contribution in [0, 0.1) is 6.92 Å². The Bertz CT molecular complexity index is 2110. The van der Waals surface area contributed by atoms with Crippen LogP contribution in [0.2, 0.25) is 10.0 Å². The number of carboxylic acid groups (broad SMARTS) is 2. The number of rotatable bonds is 18. The lowest BCUT2D eigenvalue weighted by atomic mass is 9.94. The summed E-state index contributed by atoms with van der Waals surface area (Å²) >= 11 is 13.3. The first-order chi connectivity index (χ1) is 25.5. The van der Waals surface area contributed by atoms with Gasteiger partial charge in [0.1, 0.15) is 35.9 Å². The Balaban J connectivity index is 1.35. The van der Waals surface area contributed by atoms with Gasteiger partial charge in [0, 0.05) is 40.7 Å². The predicted molar refractivity (Wildman–Crippen MR) is 200 cm³/mol. The molecule has 1 aromatic heterocycles. The van der Waals surface area contributed by atoms with Gasteiger partial charge in [-0.15, -0.1) is 0 Å². The molecule has 2 atom stereocenters. The van der Waals surface area contributed by atoms with Crippen molar-refractivity contribution in [1.29, 1.82) is 0 Å². The third kappa shape index (κ3) is 9.02. The summed E-state index contributed by atoms with van der Waals surface area (Å²) in [6.07, 6.45) is 1.82. The number of hydrogen-bond acceptors (Lipinski definition) is 10. The zero-order valence-electron chi connectivity index (χ0n) is 29.2. The highest BCUT2D eigenvalue weighted by Gasteiger charge is 2.20. The summed E-state index contributed by atoms with van der Waals surface area (Å²) < 4.78 is 19.1. The van der Waals surface area contributed by atoms with Gasteiger partial charge >= 0.3 is 11.9 Å². The van der Waals surface area contributed by atoms with Crippen LogP contribution in [-0.2, 0) is 35.8 Å². The standard InChI is InChI=1S/C38H40Cl2N4O9/c1-21-22(20-53-36-13-35(52-3)24(11-30(36)40)15-42-32(19-46)38(49)50)6-4-7-26(21)27-8-5-9-33-28(27)16-43-44(33)17-25-12-34(51-2)23(10-29(25)39)14-41-31(18-45)37(47)48/h4-13,16,31-32,41-42,45-46H,14-15,17-20H2,1-3H3,(H,47,48)(H,49,50)/t31-,32-/m0/s1. The summed E-state index contributed by atoms with van der Waals surface area (Å²) in [6, 6.07) is 16.5. The van der Waals surface area contributed by atoms with Crippen LogP contribution < -0.4 is 24.8 Å². The van der Waals surface area contributed by atoms with Gasteiger partial charge < -0.3 is 34.6 Å². The Hall–Kier alpha value is -4.89. The monoisotopic (exact) mass is 766 g/mol. The number of halogens is 2. The van der Waals surface area contributed by atoms with E-state index in [1.165, 1.54) is 14.2 Å². The molecule has 6 N–H and O–H groups in total. The number of aliphatic carboxylic acids is 2. The fraction of sp³-hybridized carbons (Fsp3) is 0.289. The number of benzene rings is 4. The SMILES string of the molecule is COc1cc(Cn2ncc3c(-c4cccc(COc5cc(OC)c(CN[C@@H](CO)C(=O)O)cc5Cl)c4C)cccc32)c(Cl)cc1CN[C@@H](CO)C(=O)O. The molecule has 0 radical (unpaired) electrons. The van der Waals surface area contributed by atoms with Gasteiger partial charge in [-0.1, -0.05) is 53.5 Å². The van der Waals surface area contributed by atoms with Gasteiger partial charge in [0.25, 0.3) is 0 Å². The Morgan fingerprint density at radius 2 is 1.36 bits per heavy atom. The number of nitrogens with one attached hydrogen (secondary N) is 2. The van der Waals surface area contributed by atoms with Gasteiger partial charge in [0.05, 0.1) is 50.7 Å². The van der Waals surface area contributed by atoms with E-state index in [1.54, 1.807) is 24.3 Å². The number of methoxy groups -OCH3 is 2. The molecule has 0 aliphatic rings. The summed E-state index contributed by atoms with van der Waals surface area (Å²) in [4.78, 5) is 22.6. The molecule has 15 heteroatoms. The minimum absolute atomic E-state index is 0.109. The highest BCUT2D eigenvalue weighted by molar-refractivity contribution is 6.32. The molecule has 280 valence electrons. The lowest BCUT2D eigenvalue weighted by Crippen LogP contribution is -2.39. The number of carbonyl (C=O) groups is 2. The van der Waals surface area contributed by atoms with E-state index in [1.807, 2.05) is 54.2 Å². The van der Waals surface area contributed by atoms with Crippen molar-refractivity contribution in [3.63, 3.8) is 0 Å². The van der Waals surface area contributed by atoms with Crippen molar-refractivity contribution in [3.8, 4) is 28.4 Å². The van der Waals surface area contributed by atoms with Crippen LogP contribution in [0.25, 0.3) is 22.0 Å². The second-order valence-electron chi connectivity index (χ2n) is 12.2. The third-order valence-electron chi connectivity index (χ3n) is 8.95. The molecule has 0 aliphatic heterocycles. The van der Waals surface area contributed by atoms with Crippen LogP contribution in [0.5, 0.6) is 17.2 Å². The molecule has 5 aromatic rings. The van der Waals surface area contributed by atoms with Gasteiger partial charge in [0.2, 0.25) is 0 Å². The van der Waals surface area contributed by atoms with Crippen LogP contribution >= 0.6 is 23.2 Å². The van der Waals surface area contributed by atoms with Gasteiger partial charge in [-0.25, -0.2) is 0 Å². The Kier molecular flexibility index (Phi) is 13.2. The largest absolute Gasteiger partial charge is 0.496 e. The summed E-state index contributed by atoms with van der Waals surface area (Å²) in [5, 5.41) is 49.1. The van der Waals surface area contributed by atoms with Crippen LogP contribution in [0.15, 0.2) is 66.9 Å². The maximum absolute atomic E-state index is 11.3. The number of ether oxygens (including phenoxy) is 3. The first-order valence-corrected chi connectivity index (χ1v) is 17.3. The van der Waals surface area contributed by atoms with Crippen molar-refractivity contribution in [1.82, 2.24) is 20.4 Å². The van der Waals surface area contributed by atoms with Crippen molar-refractivity contribution in [3.05, 3.63) is 105 Å². The topological polar surface area (TPSA) is 185 Å². The van der Waals surface area contributed by atoms with E-state index in [2.05, 4.69) is 10.6 Å². The zero-order chi connectivity index (χ0) is 38.2. The number of aromatic nitrogens is 2. The number of nitrogens with zero attached hydrogens (tertiary/aromatic N) is 2. The molecule has 0 aliphatic carbocycles. The van der Waals surface area contributed by atoms with Crippen molar-refractivity contribution in [2.75, 3.05) is 27.4 Å². The minimum atomic E-state index is -1.17. The second kappa shape index (κ2) is 17.8. The summed E-state index contributed by atoms with van der Waals surface area (Å²) in [5.41, 5.74) is 6.81. The smallest absolute Gasteiger partial charge is 0.323 e. The van der Waals surface area contributed by atoms with Crippen LogP contribution in [0.1, 0.15) is 27.8 Å². The van der Waals surface area contributed by atoms with E-state index >= 15 is 0 Å². The van der Waals surface area contributed by atoms with Crippen LogP contribution in [-0.4, -0.2) is 81.7 Å². The molecule has 5 rings (SSSR count). The average Bonchev–Trinajstić information content (AvgIpc) is 3.55. The highest BCUT2D eigenvalue weighted by Crippen LogP contribution is 2.36. The molecule has 13 nitrogen and oxygen atoms in total. The van der Waals surface area contributed by atoms with E-state index < -0.39 is 37.2 Å². The predicted octanol–water partition coefficient (Wildman–Crippen LogP) is 5.03. The summed E-state index contributed by atoms with van der Waals surface area (Å²) in [5.74, 6) is -0.963. The molecule has 53 heavy (non-hydrogen) atoms. The molecular formula is C38H40Cl2N4O9. The first-order valence-electron chi connectivity index (χ1n) is 16.5. The molecule has 0 amide bonds. The maximum atomic E-state index is 11.3. The molecule has 4 aromatic carbocycles. The van der Waals surface area contributed by atoms with E-state index in [4.69, 9.17) is 42.5 Å². The fourth-order valence-electron chi connectivity index (χ4n) is 5.94. The second-order valence-corrected chi connectivity index (χ2v) is 13.0. The molecule has 0 spiro atoms. The molecule has 0 fully saturated rings. The minimum Gasteiger partial charge on any atom is -0.496 e. The quantitative estimate of drug-likeness (QED) is 0.0700. The first kappa shape index (κ1) is 39.3. The number of fused-ring (bicyclic) bond motifs is 1. The van der Waals surface area contributed by atoms with E-state index in [-0.39, 0.29) is 19.7 Å². The Morgan fingerprint density at radius 1 is 0.774 bits per heavy atom. The number of carboxylic acids is 2. The van der Waals surface area contributed by atoms with Crippen molar-refractivity contribution in [2.24, 2.45) is 0 Å². The third-order valence-corrected chi connectivity index (χ3v) is 9.60. The normalized spacial score (nSPS) is 12.4. The Morgan fingerprint density at radius 3 is 1.96 bits per heavy atom. The molecular weight excluding hydrogens is 727 g/mol. The lowest BCUT2D eigenvalue weighted by molar-refractivity contribution is -0.141. The van der Waals surface area contributed by atoms with Crippen LogP contribution in [0.4, 0.5) is 0 Å². The summed E-state index contributed by atoms with van der Waals surface area (Å²) in [6.45, 7) is 1.70. The number of hydrogen-bond donors (Lipinski definition) is 6. The van der Waals surface area contributed by atoms with Gasteiger partial charge in [-0.2, -0.15) is 5.10 Å². The van der Waals surface area contributed by atoms with E-state index in [0.29, 0.717) is 45.0 Å². The van der Waals surface area contributed by atoms with Gasteiger partial charge in [-0.3, -0.25) is 24.9 Å². The summed E-state index contributed by atoms with van der Waals surface area (Å²) in [7, 11) is 3.02. The maximum Gasteiger partial charge on any atom is 0.323 e. The van der Waals surface area contributed by atoms with Crippen molar-refractivity contribution >= 4 is 46.0 Å².